The molecule has 1 fully saturated rings. The number of Topliss-reactive ketones (excluding diaryl/α,β-unsaturated/α-hetero) is 1. The van der Waals surface area contributed by atoms with E-state index in [9.17, 15) is 20.1 Å². The summed E-state index contributed by atoms with van der Waals surface area (Å²) < 4.78 is 5.30. The van der Waals surface area contributed by atoms with Crippen molar-refractivity contribution >= 4 is 5.78 Å². The lowest BCUT2D eigenvalue weighted by Gasteiger charge is -2.39. The Kier molecular flexibility index (Phi) is 7.61. The zero-order valence-corrected chi connectivity index (χ0v) is 11.9. The molecule has 20 heavy (non-hydrogen) atoms. The number of hydrogen-bond donors (Lipinski definition) is 4. The number of carbonyl (C=O) groups is 1. The molecular formula is C14H26O6. The molecule has 0 saturated carbocycles. The Labute approximate surface area is 119 Å². The second-order valence-corrected chi connectivity index (χ2v) is 5.42. The van der Waals surface area contributed by atoms with Crippen molar-refractivity contribution in [2.45, 2.75) is 76.0 Å². The minimum absolute atomic E-state index is 0.00638. The van der Waals surface area contributed by atoms with Gasteiger partial charge in [-0.15, -0.1) is 0 Å². The fourth-order valence-corrected chi connectivity index (χ4v) is 2.42. The third-order valence-corrected chi connectivity index (χ3v) is 3.73. The molecule has 6 nitrogen and oxygen atoms in total. The summed E-state index contributed by atoms with van der Waals surface area (Å²) in [6, 6.07) is 0. The number of unbranched alkanes of at least 4 members (excludes halogenated alkanes) is 3. The molecule has 0 bridgehead atoms. The Hall–Kier alpha value is -0.530. The van der Waals surface area contributed by atoms with E-state index < -0.39 is 37.1 Å². The number of ether oxygens (including phenoxy) is 1. The smallest absolute Gasteiger partial charge is 0.135 e. The van der Waals surface area contributed by atoms with Gasteiger partial charge in [-0.3, -0.25) is 4.79 Å². The fourth-order valence-electron chi connectivity index (χ4n) is 2.42. The highest BCUT2D eigenvalue weighted by molar-refractivity contribution is 5.78. The van der Waals surface area contributed by atoms with Gasteiger partial charge in [0.2, 0.25) is 0 Å². The molecule has 118 valence electrons. The molecule has 0 aromatic heterocycles. The van der Waals surface area contributed by atoms with Gasteiger partial charge in [0.25, 0.3) is 0 Å². The topological polar surface area (TPSA) is 107 Å². The number of aliphatic hydroxyl groups excluding tert-OH is 4. The van der Waals surface area contributed by atoms with Crippen LogP contribution in [0.2, 0.25) is 0 Å². The van der Waals surface area contributed by atoms with Crippen molar-refractivity contribution in [3.8, 4) is 0 Å². The maximum Gasteiger partial charge on any atom is 0.135 e. The molecular weight excluding hydrogens is 264 g/mol. The van der Waals surface area contributed by atoms with Gasteiger partial charge in [-0.2, -0.15) is 0 Å². The summed E-state index contributed by atoms with van der Waals surface area (Å²) in [6.07, 6.45) is -1.48. The molecule has 1 rings (SSSR count). The maximum atomic E-state index is 11.8. The summed E-state index contributed by atoms with van der Waals surface area (Å²) in [6.45, 7) is 1.63. The standard InChI is InChI=1S/C14H26O6/c1-2-3-4-5-6-9(16)7-10-12(17)14(19)13(18)11(8-15)20-10/h10-15,17-19H,2-8H2,1H3/t10-,11+,12-,13+,14+/m0/s1. The molecule has 0 aromatic carbocycles. The van der Waals surface area contributed by atoms with Crippen molar-refractivity contribution in [3.05, 3.63) is 0 Å². The lowest BCUT2D eigenvalue weighted by molar-refractivity contribution is -0.229. The van der Waals surface area contributed by atoms with E-state index >= 15 is 0 Å². The molecule has 1 heterocycles. The van der Waals surface area contributed by atoms with E-state index in [2.05, 4.69) is 6.92 Å². The zero-order valence-electron chi connectivity index (χ0n) is 11.9. The van der Waals surface area contributed by atoms with Gasteiger partial charge < -0.3 is 25.2 Å². The van der Waals surface area contributed by atoms with Gasteiger partial charge in [0, 0.05) is 12.8 Å². The summed E-state index contributed by atoms with van der Waals surface area (Å²) in [7, 11) is 0. The Morgan fingerprint density at radius 3 is 2.25 bits per heavy atom. The van der Waals surface area contributed by atoms with E-state index in [1.165, 1.54) is 0 Å². The van der Waals surface area contributed by atoms with Crippen LogP contribution in [0.5, 0.6) is 0 Å². The number of aliphatic hydroxyl groups is 4. The molecule has 1 saturated heterocycles. The average molecular weight is 290 g/mol. The van der Waals surface area contributed by atoms with Crippen LogP contribution in [-0.4, -0.2) is 63.3 Å². The highest BCUT2D eigenvalue weighted by Gasteiger charge is 2.43. The van der Waals surface area contributed by atoms with Crippen LogP contribution in [-0.2, 0) is 9.53 Å². The molecule has 0 aliphatic carbocycles. The predicted octanol–water partition coefficient (Wildman–Crippen LogP) is -0.242. The van der Waals surface area contributed by atoms with Crippen molar-refractivity contribution in [2.24, 2.45) is 0 Å². The predicted molar refractivity (Wildman–Crippen MR) is 72.2 cm³/mol. The maximum absolute atomic E-state index is 11.8. The SMILES string of the molecule is CCCCCCC(=O)C[C@@H]1O[C@H](CO)[C@@H](O)[C@H](O)[C@H]1O. The molecule has 0 aromatic rings. The third-order valence-electron chi connectivity index (χ3n) is 3.73. The molecule has 0 spiro atoms. The van der Waals surface area contributed by atoms with Gasteiger partial charge in [0.1, 0.15) is 30.2 Å². The monoisotopic (exact) mass is 290 g/mol. The highest BCUT2D eigenvalue weighted by Crippen LogP contribution is 2.23. The van der Waals surface area contributed by atoms with Crippen LogP contribution in [0, 0.1) is 0 Å². The van der Waals surface area contributed by atoms with Gasteiger partial charge in [-0.05, 0) is 6.42 Å². The van der Waals surface area contributed by atoms with Crippen LogP contribution >= 0.6 is 0 Å². The van der Waals surface area contributed by atoms with Crippen molar-refractivity contribution in [1.29, 1.82) is 0 Å². The molecule has 6 heteroatoms. The Balaban J connectivity index is 2.43. The van der Waals surface area contributed by atoms with Gasteiger partial charge in [-0.1, -0.05) is 26.2 Å². The zero-order chi connectivity index (χ0) is 15.1. The fraction of sp³-hybridized carbons (Fsp3) is 0.929. The third kappa shape index (κ3) is 4.79. The molecule has 1 aliphatic heterocycles. The summed E-state index contributed by atoms with van der Waals surface area (Å²) in [5.74, 6) is -0.0366. The van der Waals surface area contributed by atoms with E-state index in [1.54, 1.807) is 0 Å². The number of ketones is 1. The van der Waals surface area contributed by atoms with Crippen LogP contribution in [0.3, 0.4) is 0 Å². The molecule has 5 atom stereocenters. The molecule has 0 unspecified atom stereocenters. The first-order valence-electron chi connectivity index (χ1n) is 7.33. The number of rotatable bonds is 8. The van der Waals surface area contributed by atoms with Crippen LogP contribution in [0.4, 0.5) is 0 Å². The van der Waals surface area contributed by atoms with Gasteiger partial charge in [-0.25, -0.2) is 0 Å². The van der Waals surface area contributed by atoms with E-state index in [0.29, 0.717) is 6.42 Å². The summed E-state index contributed by atoms with van der Waals surface area (Å²) in [5, 5.41) is 38.1. The minimum atomic E-state index is -1.40. The van der Waals surface area contributed by atoms with Crippen LogP contribution in [0.25, 0.3) is 0 Å². The minimum Gasteiger partial charge on any atom is -0.394 e. The highest BCUT2D eigenvalue weighted by atomic mass is 16.5. The van der Waals surface area contributed by atoms with E-state index in [0.717, 1.165) is 25.7 Å². The van der Waals surface area contributed by atoms with Gasteiger partial charge in [0.15, 0.2) is 0 Å². The van der Waals surface area contributed by atoms with Crippen LogP contribution in [0.1, 0.15) is 45.4 Å². The van der Waals surface area contributed by atoms with E-state index in [4.69, 9.17) is 9.84 Å². The first-order valence-corrected chi connectivity index (χ1v) is 7.33. The van der Waals surface area contributed by atoms with Crippen molar-refractivity contribution < 1.29 is 30.0 Å². The summed E-state index contributed by atoms with van der Waals surface area (Å²) >= 11 is 0. The van der Waals surface area contributed by atoms with E-state index in [1.807, 2.05) is 0 Å². The lowest BCUT2D eigenvalue weighted by atomic mass is 9.92. The molecule has 1 aliphatic rings. The number of carbonyl (C=O) groups excluding carboxylic acids is 1. The first kappa shape index (κ1) is 17.5. The van der Waals surface area contributed by atoms with E-state index in [-0.39, 0.29) is 12.2 Å². The molecule has 0 amide bonds. The lowest BCUT2D eigenvalue weighted by Crippen LogP contribution is -2.58. The van der Waals surface area contributed by atoms with Gasteiger partial charge in [0.05, 0.1) is 12.7 Å². The first-order chi connectivity index (χ1) is 9.51. The van der Waals surface area contributed by atoms with Crippen molar-refractivity contribution in [2.75, 3.05) is 6.61 Å². The van der Waals surface area contributed by atoms with Crippen molar-refractivity contribution in [1.82, 2.24) is 0 Å². The van der Waals surface area contributed by atoms with Crippen molar-refractivity contribution in [3.63, 3.8) is 0 Å². The Bertz CT molecular complexity index is 293. The van der Waals surface area contributed by atoms with Crippen LogP contribution < -0.4 is 0 Å². The quantitative estimate of drug-likeness (QED) is 0.460. The molecule has 4 N–H and O–H groups in total. The second kappa shape index (κ2) is 8.69. The normalized spacial score (nSPS) is 34.1. The largest absolute Gasteiger partial charge is 0.394 e. The Morgan fingerprint density at radius 1 is 1.00 bits per heavy atom. The summed E-state index contributed by atoms with van der Waals surface area (Å²) in [4.78, 5) is 11.8. The average Bonchev–Trinajstić information content (AvgIpc) is 2.44. The Morgan fingerprint density at radius 2 is 1.65 bits per heavy atom. The van der Waals surface area contributed by atoms with Gasteiger partial charge >= 0.3 is 0 Å². The number of hydrogen-bond acceptors (Lipinski definition) is 6. The second-order valence-electron chi connectivity index (χ2n) is 5.42. The van der Waals surface area contributed by atoms with Crippen LogP contribution in [0.15, 0.2) is 0 Å². The molecule has 0 radical (unpaired) electrons. The summed E-state index contributed by atoms with van der Waals surface area (Å²) in [5.41, 5.74) is 0.